The molecule has 9 nitrogen and oxygen atoms in total. The molecule has 1 atom stereocenters. The third-order valence-electron chi connectivity index (χ3n) is 4.70. The molecule has 1 aromatic carbocycles. The van der Waals surface area contributed by atoms with Crippen molar-refractivity contribution in [1.82, 2.24) is 16.1 Å². The second-order valence-electron chi connectivity index (χ2n) is 6.13. The lowest BCUT2D eigenvalue weighted by Gasteiger charge is -2.39. The van der Waals surface area contributed by atoms with E-state index >= 15 is 0 Å². The second-order valence-corrected chi connectivity index (χ2v) is 6.13. The number of carbonyl (C=O) groups is 4. The van der Waals surface area contributed by atoms with Crippen LogP contribution in [0.4, 0.5) is 10.5 Å². The molecule has 128 valence electrons. The van der Waals surface area contributed by atoms with Gasteiger partial charge in [-0.3, -0.25) is 19.7 Å². The molecule has 0 saturated carbocycles. The predicted molar refractivity (Wildman–Crippen MR) is 86.6 cm³/mol. The Morgan fingerprint density at radius 2 is 1.96 bits per heavy atom. The van der Waals surface area contributed by atoms with Crippen molar-refractivity contribution in [3.05, 3.63) is 29.8 Å². The van der Waals surface area contributed by atoms with Crippen LogP contribution in [0.5, 0.6) is 0 Å². The number of urea groups is 1. The number of hydrazone groups is 1. The number of anilines is 1. The van der Waals surface area contributed by atoms with E-state index in [1.807, 2.05) is 0 Å². The molecule has 0 radical (unpaired) electrons. The Bertz CT molecular complexity index is 849. The average molecular weight is 341 g/mol. The van der Waals surface area contributed by atoms with Crippen molar-refractivity contribution in [3.8, 4) is 0 Å². The quantitative estimate of drug-likeness (QED) is 0.609. The molecule has 1 spiro atoms. The molecule has 1 saturated heterocycles. The highest BCUT2D eigenvalue weighted by Crippen LogP contribution is 2.40. The molecule has 1 aromatic rings. The number of benzene rings is 1. The minimum atomic E-state index is -1.16. The van der Waals surface area contributed by atoms with Crippen molar-refractivity contribution in [3.63, 3.8) is 0 Å². The fourth-order valence-electron chi connectivity index (χ4n) is 3.46. The molecule has 3 aliphatic heterocycles. The normalized spacial score (nSPS) is 25.0. The Hall–Kier alpha value is -3.23. The van der Waals surface area contributed by atoms with Crippen molar-refractivity contribution in [2.75, 3.05) is 11.4 Å². The summed E-state index contributed by atoms with van der Waals surface area (Å²) in [5.74, 6) is -0.953. The van der Waals surface area contributed by atoms with Crippen LogP contribution in [0.3, 0.4) is 0 Å². The summed E-state index contributed by atoms with van der Waals surface area (Å²) in [6, 6.07) is 6.43. The van der Waals surface area contributed by atoms with Crippen LogP contribution in [-0.4, -0.2) is 36.0 Å². The first kappa shape index (κ1) is 15.3. The Kier molecular flexibility index (Phi) is 3.31. The standard InChI is InChI=1S/C16H15N5O4/c22-12-6-5-10(19-20-12)13(23)21-8-7-16(14(24)17-15(25)18-16)9-3-1-2-4-11(9)21/h1-4H,5-8H2,(H,20,22)(H2,17,18,24,25). The number of nitrogens with zero attached hydrogens (tertiary/aromatic N) is 2. The van der Waals surface area contributed by atoms with Gasteiger partial charge in [-0.15, -0.1) is 0 Å². The van der Waals surface area contributed by atoms with Crippen molar-refractivity contribution in [1.29, 1.82) is 0 Å². The predicted octanol–water partition coefficient (Wildman–Crippen LogP) is -0.276. The lowest BCUT2D eigenvalue weighted by Crippen LogP contribution is -2.53. The molecule has 25 heavy (non-hydrogen) atoms. The highest BCUT2D eigenvalue weighted by molar-refractivity contribution is 6.44. The Labute approximate surface area is 142 Å². The lowest BCUT2D eigenvalue weighted by atomic mass is 9.82. The van der Waals surface area contributed by atoms with Gasteiger partial charge in [0.15, 0.2) is 0 Å². The van der Waals surface area contributed by atoms with E-state index in [4.69, 9.17) is 0 Å². The maximum atomic E-state index is 12.8. The number of imide groups is 1. The molecule has 4 rings (SSSR count). The van der Waals surface area contributed by atoms with Gasteiger partial charge in [-0.2, -0.15) is 5.10 Å². The summed E-state index contributed by atoms with van der Waals surface area (Å²) in [6.45, 7) is 0.247. The number of fused-ring (bicyclic) bond motifs is 2. The average Bonchev–Trinajstić information content (AvgIpc) is 2.90. The van der Waals surface area contributed by atoms with Gasteiger partial charge in [0.25, 0.3) is 11.8 Å². The van der Waals surface area contributed by atoms with E-state index < -0.39 is 17.5 Å². The van der Waals surface area contributed by atoms with Gasteiger partial charge < -0.3 is 10.2 Å². The van der Waals surface area contributed by atoms with Gasteiger partial charge in [0.2, 0.25) is 5.91 Å². The Morgan fingerprint density at radius 3 is 2.64 bits per heavy atom. The molecule has 0 bridgehead atoms. The molecule has 5 amide bonds. The summed E-state index contributed by atoms with van der Waals surface area (Å²) >= 11 is 0. The number of rotatable bonds is 1. The van der Waals surface area contributed by atoms with Gasteiger partial charge >= 0.3 is 6.03 Å². The number of para-hydroxylation sites is 1. The minimum Gasteiger partial charge on any atom is -0.319 e. The zero-order valence-corrected chi connectivity index (χ0v) is 13.2. The van der Waals surface area contributed by atoms with E-state index in [1.54, 1.807) is 24.3 Å². The van der Waals surface area contributed by atoms with Crippen LogP contribution in [0.15, 0.2) is 29.4 Å². The molecular formula is C16H15N5O4. The van der Waals surface area contributed by atoms with E-state index in [-0.39, 0.29) is 43.3 Å². The SMILES string of the molecule is O=C1CCC(C(=O)N2CCC3(NC(=O)NC3=O)c3ccccc32)=NN1. The smallest absolute Gasteiger partial charge is 0.319 e. The van der Waals surface area contributed by atoms with Gasteiger partial charge in [0.05, 0.1) is 5.69 Å². The van der Waals surface area contributed by atoms with E-state index in [2.05, 4.69) is 21.2 Å². The summed E-state index contributed by atoms with van der Waals surface area (Å²) in [5.41, 5.74) is 2.55. The number of carbonyl (C=O) groups excluding carboxylic acids is 4. The second kappa shape index (κ2) is 5.40. The van der Waals surface area contributed by atoms with E-state index in [0.717, 1.165) is 0 Å². The molecule has 1 unspecified atom stereocenters. The fraction of sp³-hybridized carbons (Fsp3) is 0.312. The van der Waals surface area contributed by atoms with Crippen LogP contribution in [0.2, 0.25) is 0 Å². The lowest BCUT2D eigenvalue weighted by molar-refractivity contribution is -0.125. The van der Waals surface area contributed by atoms with Gasteiger partial charge in [-0.1, -0.05) is 18.2 Å². The van der Waals surface area contributed by atoms with Gasteiger partial charge in [0, 0.05) is 31.4 Å². The number of amides is 5. The van der Waals surface area contributed by atoms with Gasteiger partial charge in [-0.05, 0) is 6.07 Å². The minimum absolute atomic E-state index is 0.211. The number of hydrogen-bond donors (Lipinski definition) is 3. The van der Waals surface area contributed by atoms with Crippen LogP contribution in [0, 0.1) is 0 Å². The zero-order chi connectivity index (χ0) is 17.6. The van der Waals surface area contributed by atoms with Crippen molar-refractivity contribution in [2.45, 2.75) is 24.8 Å². The highest BCUT2D eigenvalue weighted by Gasteiger charge is 2.52. The Morgan fingerprint density at radius 1 is 1.16 bits per heavy atom. The molecule has 0 aromatic heterocycles. The van der Waals surface area contributed by atoms with Crippen molar-refractivity contribution < 1.29 is 19.2 Å². The Balaban J connectivity index is 1.73. The van der Waals surface area contributed by atoms with Gasteiger partial charge in [0.1, 0.15) is 11.3 Å². The van der Waals surface area contributed by atoms with Crippen LogP contribution >= 0.6 is 0 Å². The third kappa shape index (κ3) is 2.27. The van der Waals surface area contributed by atoms with Crippen LogP contribution in [-0.2, 0) is 19.9 Å². The van der Waals surface area contributed by atoms with Crippen LogP contribution in [0.25, 0.3) is 0 Å². The molecule has 9 heteroatoms. The number of nitrogens with one attached hydrogen (secondary N) is 3. The molecular weight excluding hydrogens is 326 g/mol. The summed E-state index contributed by atoms with van der Waals surface area (Å²) in [7, 11) is 0. The molecule has 3 heterocycles. The maximum Gasteiger partial charge on any atom is 0.322 e. The zero-order valence-electron chi connectivity index (χ0n) is 13.2. The summed E-state index contributed by atoms with van der Waals surface area (Å²) in [5, 5.41) is 8.81. The summed E-state index contributed by atoms with van der Waals surface area (Å²) < 4.78 is 0. The summed E-state index contributed by atoms with van der Waals surface area (Å²) in [4.78, 5) is 49.6. The maximum absolute atomic E-state index is 12.8. The molecule has 0 aliphatic carbocycles. The number of hydrogen-bond acceptors (Lipinski definition) is 5. The topological polar surface area (TPSA) is 120 Å². The highest BCUT2D eigenvalue weighted by atomic mass is 16.2. The van der Waals surface area contributed by atoms with Crippen molar-refractivity contribution >= 4 is 35.2 Å². The van der Waals surface area contributed by atoms with E-state index in [0.29, 0.717) is 11.3 Å². The van der Waals surface area contributed by atoms with Crippen LogP contribution in [0.1, 0.15) is 24.8 Å². The summed E-state index contributed by atoms with van der Waals surface area (Å²) in [6.07, 6.45) is 0.737. The largest absolute Gasteiger partial charge is 0.322 e. The first-order valence-electron chi connectivity index (χ1n) is 7.92. The van der Waals surface area contributed by atoms with Crippen molar-refractivity contribution in [2.24, 2.45) is 5.10 Å². The first-order chi connectivity index (χ1) is 12.0. The molecule has 1 fully saturated rings. The molecule has 3 aliphatic rings. The van der Waals surface area contributed by atoms with E-state index in [1.165, 1.54) is 4.90 Å². The van der Waals surface area contributed by atoms with Gasteiger partial charge in [-0.25, -0.2) is 10.2 Å². The molecule has 3 N–H and O–H groups in total. The first-order valence-corrected chi connectivity index (χ1v) is 7.92. The fourth-order valence-corrected chi connectivity index (χ4v) is 3.46. The van der Waals surface area contributed by atoms with Crippen LogP contribution < -0.4 is 21.0 Å². The monoisotopic (exact) mass is 341 g/mol. The van der Waals surface area contributed by atoms with E-state index in [9.17, 15) is 19.2 Å². The third-order valence-corrected chi connectivity index (χ3v) is 4.70.